The average molecular weight is 312 g/mol. The monoisotopic (exact) mass is 312 g/mol. The lowest BCUT2D eigenvalue weighted by Gasteiger charge is -2.17. The molecule has 120 valence electrons. The van der Waals surface area contributed by atoms with Gasteiger partial charge in [-0.25, -0.2) is 4.98 Å². The molecule has 1 atom stereocenters. The molecule has 5 heteroatoms. The maximum absolute atomic E-state index is 12.4. The topological polar surface area (TPSA) is 51.7 Å². The highest BCUT2D eigenvalue weighted by Gasteiger charge is 2.27. The van der Waals surface area contributed by atoms with Gasteiger partial charge in [0, 0.05) is 25.2 Å². The van der Waals surface area contributed by atoms with Crippen molar-refractivity contribution in [3.63, 3.8) is 0 Å². The molecular formula is C18H20N2O3. The Hall–Kier alpha value is -2.56. The van der Waals surface area contributed by atoms with Crippen molar-refractivity contribution >= 4 is 5.91 Å². The molecule has 0 saturated carbocycles. The van der Waals surface area contributed by atoms with Crippen molar-refractivity contribution in [2.24, 2.45) is 0 Å². The molecule has 3 rings (SSSR count). The van der Waals surface area contributed by atoms with E-state index in [-0.39, 0.29) is 12.0 Å². The number of aromatic nitrogens is 1. The van der Waals surface area contributed by atoms with Crippen LogP contribution in [-0.2, 0) is 11.2 Å². The van der Waals surface area contributed by atoms with Crippen LogP contribution in [0.4, 0.5) is 0 Å². The molecule has 0 bridgehead atoms. The molecule has 5 nitrogen and oxygen atoms in total. The van der Waals surface area contributed by atoms with E-state index in [4.69, 9.17) is 9.47 Å². The van der Waals surface area contributed by atoms with E-state index in [0.29, 0.717) is 18.8 Å². The lowest BCUT2D eigenvalue weighted by Crippen LogP contribution is -2.32. The minimum absolute atomic E-state index is 0.0183. The number of ether oxygens (including phenoxy) is 2. The second-order valence-corrected chi connectivity index (χ2v) is 5.56. The highest BCUT2D eigenvalue weighted by atomic mass is 16.5. The van der Waals surface area contributed by atoms with Crippen molar-refractivity contribution in [2.75, 3.05) is 20.2 Å². The molecule has 23 heavy (non-hydrogen) atoms. The molecule has 1 unspecified atom stereocenters. The summed E-state index contributed by atoms with van der Waals surface area (Å²) in [5.74, 6) is 1.54. The van der Waals surface area contributed by atoms with Gasteiger partial charge in [0.15, 0.2) is 0 Å². The largest absolute Gasteiger partial charge is 0.497 e. The Labute approximate surface area is 135 Å². The lowest BCUT2D eigenvalue weighted by atomic mass is 10.1. The van der Waals surface area contributed by atoms with Crippen LogP contribution in [0.5, 0.6) is 11.6 Å². The van der Waals surface area contributed by atoms with Crippen LogP contribution in [0.2, 0.25) is 0 Å². The molecule has 1 fully saturated rings. The Morgan fingerprint density at radius 2 is 2.09 bits per heavy atom. The molecule has 0 spiro atoms. The third-order valence-corrected chi connectivity index (χ3v) is 3.94. The van der Waals surface area contributed by atoms with Gasteiger partial charge in [0.05, 0.1) is 20.1 Å². The highest BCUT2D eigenvalue weighted by molar-refractivity contribution is 5.79. The zero-order chi connectivity index (χ0) is 16.1. The summed E-state index contributed by atoms with van der Waals surface area (Å²) in [5.41, 5.74) is 0.991. The van der Waals surface area contributed by atoms with Crippen LogP contribution in [0.1, 0.15) is 12.0 Å². The molecule has 1 aromatic carbocycles. The van der Waals surface area contributed by atoms with Crippen LogP contribution in [-0.4, -0.2) is 42.1 Å². The van der Waals surface area contributed by atoms with Gasteiger partial charge in [0.25, 0.3) is 0 Å². The number of hydrogen-bond acceptors (Lipinski definition) is 4. The molecule has 2 aromatic rings. The van der Waals surface area contributed by atoms with E-state index in [2.05, 4.69) is 4.98 Å². The smallest absolute Gasteiger partial charge is 0.227 e. The predicted molar refractivity (Wildman–Crippen MR) is 86.5 cm³/mol. The fourth-order valence-corrected chi connectivity index (χ4v) is 2.67. The van der Waals surface area contributed by atoms with Gasteiger partial charge in [-0.2, -0.15) is 0 Å². The fraction of sp³-hybridized carbons (Fsp3) is 0.333. The number of carbonyl (C=O) groups excluding carboxylic acids is 1. The van der Waals surface area contributed by atoms with Gasteiger partial charge in [-0.1, -0.05) is 18.2 Å². The van der Waals surface area contributed by atoms with Crippen LogP contribution < -0.4 is 9.47 Å². The number of methoxy groups -OCH3 is 1. The highest BCUT2D eigenvalue weighted by Crippen LogP contribution is 2.18. The van der Waals surface area contributed by atoms with E-state index in [1.807, 2.05) is 47.4 Å². The summed E-state index contributed by atoms with van der Waals surface area (Å²) in [6.45, 7) is 1.35. The first-order chi connectivity index (χ1) is 11.2. The average Bonchev–Trinajstić information content (AvgIpc) is 3.05. The maximum atomic E-state index is 12.4. The van der Waals surface area contributed by atoms with Crippen molar-refractivity contribution < 1.29 is 14.3 Å². The van der Waals surface area contributed by atoms with Gasteiger partial charge < -0.3 is 14.4 Å². The number of carbonyl (C=O) groups is 1. The van der Waals surface area contributed by atoms with Gasteiger partial charge in [-0.3, -0.25) is 4.79 Å². The van der Waals surface area contributed by atoms with Gasteiger partial charge in [0.2, 0.25) is 11.8 Å². The second-order valence-electron chi connectivity index (χ2n) is 5.56. The molecule has 0 radical (unpaired) electrons. The minimum Gasteiger partial charge on any atom is -0.497 e. The van der Waals surface area contributed by atoms with Gasteiger partial charge in [0.1, 0.15) is 11.9 Å². The molecule has 1 amide bonds. The Bertz CT molecular complexity index is 643. The number of rotatable bonds is 5. The van der Waals surface area contributed by atoms with Crippen LogP contribution in [0.15, 0.2) is 48.7 Å². The molecule has 2 heterocycles. The summed E-state index contributed by atoms with van der Waals surface area (Å²) in [6, 6.07) is 13.2. The number of amides is 1. The quantitative estimate of drug-likeness (QED) is 0.850. The first-order valence-corrected chi connectivity index (χ1v) is 7.73. The molecule has 1 saturated heterocycles. The van der Waals surface area contributed by atoms with Gasteiger partial charge in [-0.15, -0.1) is 0 Å². The maximum Gasteiger partial charge on any atom is 0.227 e. The van der Waals surface area contributed by atoms with Crippen molar-refractivity contribution in [1.29, 1.82) is 0 Å². The fourth-order valence-electron chi connectivity index (χ4n) is 2.67. The van der Waals surface area contributed by atoms with Crippen LogP contribution in [0.3, 0.4) is 0 Å². The van der Waals surface area contributed by atoms with E-state index >= 15 is 0 Å². The molecule has 1 aliphatic heterocycles. The van der Waals surface area contributed by atoms with Gasteiger partial charge >= 0.3 is 0 Å². The predicted octanol–water partition coefficient (Wildman–Crippen LogP) is 2.31. The summed E-state index contributed by atoms with van der Waals surface area (Å²) in [7, 11) is 1.63. The molecule has 1 aliphatic rings. The SMILES string of the molecule is COc1ccc(CC(=O)N2CCC(Oc3ccccn3)C2)cc1. The van der Waals surface area contributed by atoms with Crippen LogP contribution >= 0.6 is 0 Å². The van der Waals surface area contributed by atoms with Gasteiger partial charge in [-0.05, 0) is 23.8 Å². The zero-order valence-corrected chi connectivity index (χ0v) is 13.1. The third kappa shape index (κ3) is 4.00. The number of pyridine rings is 1. The lowest BCUT2D eigenvalue weighted by molar-refractivity contribution is -0.129. The number of nitrogens with zero attached hydrogens (tertiary/aromatic N) is 2. The van der Waals surface area contributed by atoms with E-state index in [1.165, 1.54) is 0 Å². The van der Waals surface area contributed by atoms with E-state index < -0.39 is 0 Å². The standard InChI is InChI=1S/C18H20N2O3/c1-22-15-7-5-14(6-8-15)12-18(21)20-11-9-16(13-20)23-17-4-2-3-10-19-17/h2-8,10,16H,9,11-13H2,1H3. The van der Waals surface area contributed by atoms with Crippen molar-refractivity contribution in [3.8, 4) is 11.6 Å². The van der Waals surface area contributed by atoms with E-state index in [1.54, 1.807) is 13.3 Å². The Morgan fingerprint density at radius 1 is 1.26 bits per heavy atom. The summed E-state index contributed by atoms with van der Waals surface area (Å²) < 4.78 is 10.9. The summed E-state index contributed by atoms with van der Waals surface area (Å²) >= 11 is 0. The summed E-state index contributed by atoms with van der Waals surface area (Å²) in [5, 5.41) is 0. The Balaban J connectivity index is 1.52. The summed E-state index contributed by atoms with van der Waals surface area (Å²) in [6.07, 6.45) is 2.96. The number of benzene rings is 1. The Morgan fingerprint density at radius 3 is 2.78 bits per heavy atom. The number of likely N-dealkylation sites (tertiary alicyclic amines) is 1. The first kappa shape index (κ1) is 15.3. The molecular weight excluding hydrogens is 292 g/mol. The molecule has 0 N–H and O–H groups in total. The summed E-state index contributed by atoms with van der Waals surface area (Å²) in [4.78, 5) is 18.4. The Kier molecular flexibility index (Phi) is 4.76. The van der Waals surface area contributed by atoms with Crippen molar-refractivity contribution in [3.05, 3.63) is 54.2 Å². The molecule has 1 aromatic heterocycles. The van der Waals surface area contributed by atoms with Crippen LogP contribution in [0, 0.1) is 0 Å². The van der Waals surface area contributed by atoms with E-state index in [9.17, 15) is 4.79 Å². The van der Waals surface area contributed by atoms with E-state index in [0.717, 1.165) is 24.3 Å². The van der Waals surface area contributed by atoms with Crippen molar-refractivity contribution in [1.82, 2.24) is 9.88 Å². The second kappa shape index (κ2) is 7.13. The number of hydrogen-bond donors (Lipinski definition) is 0. The van der Waals surface area contributed by atoms with Crippen molar-refractivity contribution in [2.45, 2.75) is 18.9 Å². The normalized spacial score (nSPS) is 17.1. The zero-order valence-electron chi connectivity index (χ0n) is 13.1. The minimum atomic E-state index is 0.0183. The van der Waals surface area contributed by atoms with Crippen LogP contribution in [0.25, 0.3) is 0 Å². The third-order valence-electron chi connectivity index (χ3n) is 3.94. The first-order valence-electron chi connectivity index (χ1n) is 7.73. The molecule has 0 aliphatic carbocycles.